The molecule has 0 aromatic carbocycles. The molecule has 0 saturated heterocycles. The molecule has 3 aromatic rings. The molecule has 0 spiro atoms. The van der Waals surface area contributed by atoms with Gasteiger partial charge in [0.15, 0.2) is 0 Å². The first-order valence-corrected chi connectivity index (χ1v) is 11.9. The van der Waals surface area contributed by atoms with E-state index in [0.29, 0.717) is 5.95 Å². The van der Waals surface area contributed by atoms with E-state index in [1.165, 1.54) is 5.56 Å². The first kappa shape index (κ1) is 21.4. The lowest BCUT2D eigenvalue weighted by Crippen LogP contribution is -2.18. The second kappa shape index (κ2) is 11.7. The number of pyridine rings is 1. The van der Waals surface area contributed by atoms with Gasteiger partial charge in [0.05, 0.1) is 12.0 Å². The minimum atomic E-state index is -0.0600. The fraction of sp³-hybridized carbons (Fsp3) is 0.400. The molecule has 0 saturated carbocycles. The molecule has 0 unspecified atom stereocenters. The maximum atomic E-state index is 12.2. The number of H-pyrrole nitrogens is 2. The Hall–Kier alpha value is -2.26. The molecule has 0 fully saturated rings. The number of aromatic amines is 2. The van der Waals surface area contributed by atoms with Gasteiger partial charge in [-0.3, -0.25) is 14.8 Å². The fourth-order valence-corrected chi connectivity index (χ4v) is 4.48. The molecule has 154 valence electrons. The van der Waals surface area contributed by atoms with Crippen LogP contribution in [-0.4, -0.2) is 48.7 Å². The van der Waals surface area contributed by atoms with Crippen LogP contribution in [-0.2, 0) is 18.6 Å². The van der Waals surface area contributed by atoms with Crippen molar-refractivity contribution in [1.29, 1.82) is 0 Å². The fourth-order valence-electron chi connectivity index (χ4n) is 2.65. The molecule has 0 bridgehead atoms. The van der Waals surface area contributed by atoms with E-state index in [1.807, 2.05) is 30.9 Å². The van der Waals surface area contributed by atoms with E-state index < -0.39 is 0 Å². The van der Waals surface area contributed by atoms with Gasteiger partial charge in [0.25, 0.3) is 5.56 Å². The highest BCUT2D eigenvalue weighted by Crippen LogP contribution is 2.12. The Morgan fingerprint density at radius 1 is 1.10 bits per heavy atom. The number of nitrogens with zero attached hydrogens (tertiary/aromatic N) is 3. The van der Waals surface area contributed by atoms with E-state index in [-0.39, 0.29) is 5.56 Å². The van der Waals surface area contributed by atoms with Crippen molar-refractivity contribution in [2.45, 2.75) is 25.5 Å². The molecule has 9 heteroatoms. The van der Waals surface area contributed by atoms with E-state index in [2.05, 4.69) is 36.3 Å². The highest BCUT2D eigenvalue weighted by atomic mass is 32.2. The van der Waals surface area contributed by atoms with Gasteiger partial charge in [-0.05, 0) is 42.9 Å². The van der Waals surface area contributed by atoms with Gasteiger partial charge >= 0.3 is 0 Å². The van der Waals surface area contributed by atoms with Crippen molar-refractivity contribution >= 4 is 29.5 Å². The molecule has 0 aliphatic carbocycles. The summed E-state index contributed by atoms with van der Waals surface area (Å²) >= 11 is 3.64. The number of hydrogen-bond acceptors (Lipinski definition) is 7. The molecule has 0 amide bonds. The molecule has 0 aliphatic heterocycles. The molecule has 3 aromatic heterocycles. The lowest BCUT2D eigenvalue weighted by molar-refractivity contribution is 0.993. The van der Waals surface area contributed by atoms with Gasteiger partial charge in [-0.15, -0.1) is 0 Å². The molecular formula is C20H26N6OS2. The molecule has 0 aliphatic rings. The van der Waals surface area contributed by atoms with Crippen LogP contribution in [0, 0.1) is 6.92 Å². The monoisotopic (exact) mass is 430 g/mol. The van der Waals surface area contributed by atoms with Gasteiger partial charge < -0.3 is 10.3 Å². The van der Waals surface area contributed by atoms with Crippen molar-refractivity contribution in [2.24, 2.45) is 0 Å². The van der Waals surface area contributed by atoms with Crippen molar-refractivity contribution in [3.63, 3.8) is 0 Å². The summed E-state index contributed by atoms with van der Waals surface area (Å²) in [4.78, 5) is 30.9. The molecule has 3 N–H and O–H groups in total. The van der Waals surface area contributed by atoms with Gasteiger partial charge in [0, 0.05) is 47.9 Å². The molecule has 0 atom stereocenters. The summed E-state index contributed by atoms with van der Waals surface area (Å²) in [6.45, 7) is 2.76. The Morgan fingerprint density at radius 3 is 2.76 bits per heavy atom. The van der Waals surface area contributed by atoms with Crippen LogP contribution < -0.4 is 10.9 Å². The normalized spacial score (nSPS) is 10.9. The molecule has 0 radical (unpaired) electrons. The van der Waals surface area contributed by atoms with Crippen LogP contribution in [0.5, 0.6) is 0 Å². The molecule has 3 rings (SSSR count). The Balaban J connectivity index is 1.32. The van der Waals surface area contributed by atoms with Crippen molar-refractivity contribution in [1.82, 2.24) is 24.9 Å². The molecule has 7 nitrogen and oxygen atoms in total. The zero-order valence-corrected chi connectivity index (χ0v) is 18.1. The maximum Gasteiger partial charge on any atom is 0.255 e. The van der Waals surface area contributed by atoms with Crippen LogP contribution in [0.3, 0.4) is 0 Å². The summed E-state index contributed by atoms with van der Waals surface area (Å²) in [5.41, 5.74) is 4.11. The lowest BCUT2D eigenvalue weighted by atomic mass is 10.2. The van der Waals surface area contributed by atoms with Crippen molar-refractivity contribution in [3.05, 3.63) is 69.9 Å². The van der Waals surface area contributed by atoms with Gasteiger partial charge in [-0.2, -0.15) is 23.5 Å². The molecule has 3 heterocycles. The average molecular weight is 431 g/mol. The van der Waals surface area contributed by atoms with Crippen molar-refractivity contribution in [2.75, 3.05) is 29.1 Å². The van der Waals surface area contributed by atoms with Gasteiger partial charge in [-0.1, -0.05) is 6.07 Å². The number of imidazole rings is 1. The van der Waals surface area contributed by atoms with E-state index in [0.717, 1.165) is 59.3 Å². The summed E-state index contributed by atoms with van der Waals surface area (Å²) in [6.07, 6.45) is 8.81. The number of aryl methyl sites for hydroxylation is 3. The summed E-state index contributed by atoms with van der Waals surface area (Å²) < 4.78 is 0. The van der Waals surface area contributed by atoms with Crippen molar-refractivity contribution < 1.29 is 0 Å². The largest absolute Gasteiger partial charge is 0.355 e. The second-order valence-electron chi connectivity index (χ2n) is 6.51. The van der Waals surface area contributed by atoms with Gasteiger partial charge in [0.2, 0.25) is 5.95 Å². The van der Waals surface area contributed by atoms with Crippen LogP contribution >= 0.6 is 23.5 Å². The average Bonchev–Trinajstić information content (AvgIpc) is 3.14. The minimum absolute atomic E-state index is 0.0600. The van der Waals surface area contributed by atoms with Crippen LogP contribution in [0.1, 0.15) is 22.5 Å². The number of thioether (sulfide) groups is 2. The smallest absolute Gasteiger partial charge is 0.255 e. The number of nitrogens with one attached hydrogen (secondary N) is 3. The summed E-state index contributed by atoms with van der Waals surface area (Å²) in [5, 5.41) is 3.18. The molecular weight excluding hydrogens is 404 g/mol. The zero-order chi connectivity index (χ0) is 20.3. The predicted molar refractivity (Wildman–Crippen MR) is 122 cm³/mol. The van der Waals surface area contributed by atoms with Crippen LogP contribution in [0.4, 0.5) is 5.95 Å². The summed E-state index contributed by atoms with van der Waals surface area (Å²) in [7, 11) is 0. The first-order chi connectivity index (χ1) is 14.2. The van der Waals surface area contributed by atoms with E-state index in [1.54, 1.807) is 30.5 Å². The highest BCUT2D eigenvalue weighted by Gasteiger charge is 2.04. The standard InChI is InChI=1S/C20H26N6OS2/c1-15-18(25-14-24-15)13-29-10-7-22-20-23-12-17(19(27)26-20)5-9-28-8-4-16-3-2-6-21-11-16/h2-3,6,11-12,14H,4-5,7-10,13H2,1H3,(H,24,25)(H2,22,23,26,27). The van der Waals surface area contributed by atoms with Crippen LogP contribution in [0.2, 0.25) is 0 Å². The Bertz CT molecular complexity index is 928. The van der Waals surface area contributed by atoms with Crippen molar-refractivity contribution in [3.8, 4) is 0 Å². The Labute approximate surface area is 179 Å². The van der Waals surface area contributed by atoms with Crippen LogP contribution in [0.15, 0.2) is 41.8 Å². The Morgan fingerprint density at radius 2 is 2.00 bits per heavy atom. The third kappa shape index (κ3) is 7.25. The van der Waals surface area contributed by atoms with E-state index >= 15 is 0 Å². The minimum Gasteiger partial charge on any atom is -0.355 e. The SMILES string of the molecule is Cc1[nH]cnc1CSCCNc1ncc(CCSCCc2cccnc2)c(=O)[nH]1. The third-order valence-electron chi connectivity index (χ3n) is 4.36. The number of rotatable bonds is 12. The van der Waals surface area contributed by atoms with E-state index in [9.17, 15) is 4.79 Å². The predicted octanol–water partition coefficient (Wildman–Crippen LogP) is 3.06. The van der Waals surface area contributed by atoms with Gasteiger partial charge in [-0.25, -0.2) is 9.97 Å². The highest BCUT2D eigenvalue weighted by molar-refractivity contribution is 7.99. The number of hydrogen-bond donors (Lipinski definition) is 3. The maximum absolute atomic E-state index is 12.2. The molecule has 29 heavy (non-hydrogen) atoms. The first-order valence-electron chi connectivity index (χ1n) is 9.57. The summed E-state index contributed by atoms with van der Waals surface area (Å²) in [5.74, 6) is 4.23. The third-order valence-corrected chi connectivity index (χ3v) is 6.31. The lowest BCUT2D eigenvalue weighted by Gasteiger charge is -2.06. The number of anilines is 1. The topological polar surface area (TPSA) is 99.3 Å². The Kier molecular flexibility index (Phi) is 8.63. The van der Waals surface area contributed by atoms with Gasteiger partial charge in [0.1, 0.15) is 0 Å². The van der Waals surface area contributed by atoms with Crippen LogP contribution in [0.25, 0.3) is 0 Å². The summed E-state index contributed by atoms with van der Waals surface area (Å²) in [6, 6.07) is 4.05. The second-order valence-corrected chi connectivity index (χ2v) is 8.84. The zero-order valence-electron chi connectivity index (χ0n) is 16.5. The quantitative estimate of drug-likeness (QED) is 0.380. The number of aromatic nitrogens is 5. The van der Waals surface area contributed by atoms with E-state index in [4.69, 9.17) is 0 Å².